The second-order valence-electron chi connectivity index (χ2n) is 5.02. The summed E-state index contributed by atoms with van der Waals surface area (Å²) >= 11 is 0. The Kier molecular flexibility index (Phi) is 7.10. The highest BCUT2D eigenvalue weighted by molar-refractivity contribution is 5.11. The molecule has 0 aliphatic rings. The Hall–Kier alpha value is -0.870. The molecule has 110 valence electrons. The van der Waals surface area contributed by atoms with Crippen LogP contribution in [0.1, 0.15) is 45.5 Å². The maximum Gasteiger partial charge on any atom is 0.0703 e. The van der Waals surface area contributed by atoms with Crippen molar-refractivity contribution in [3.05, 3.63) is 17.5 Å². The van der Waals surface area contributed by atoms with Gasteiger partial charge in [-0.2, -0.15) is 5.10 Å². The van der Waals surface area contributed by atoms with Gasteiger partial charge in [-0.25, -0.2) is 0 Å². The summed E-state index contributed by atoms with van der Waals surface area (Å²) in [6.45, 7) is 13.3. The molecule has 0 radical (unpaired) electrons. The van der Waals surface area contributed by atoms with Gasteiger partial charge in [-0.1, -0.05) is 6.92 Å². The summed E-state index contributed by atoms with van der Waals surface area (Å²) in [6.07, 6.45) is 2.33. The van der Waals surface area contributed by atoms with Gasteiger partial charge in [-0.3, -0.25) is 4.68 Å². The minimum Gasteiger partial charge on any atom is -0.377 e. The van der Waals surface area contributed by atoms with Crippen molar-refractivity contribution in [2.24, 2.45) is 0 Å². The molecule has 1 N–H and O–H groups in total. The highest BCUT2D eigenvalue weighted by Gasteiger charge is 2.19. The van der Waals surface area contributed by atoms with E-state index in [1.165, 1.54) is 5.69 Å². The Morgan fingerprint density at radius 2 is 2.11 bits per heavy atom. The van der Waals surface area contributed by atoms with E-state index in [2.05, 4.69) is 48.9 Å². The van der Waals surface area contributed by atoms with E-state index in [0.29, 0.717) is 6.04 Å². The zero-order valence-electron chi connectivity index (χ0n) is 13.1. The molecule has 0 saturated heterocycles. The van der Waals surface area contributed by atoms with E-state index in [1.807, 2.05) is 6.92 Å². The molecule has 2 atom stereocenters. The first-order chi connectivity index (χ1) is 9.12. The van der Waals surface area contributed by atoms with Crippen LogP contribution in [0.15, 0.2) is 6.07 Å². The number of rotatable bonds is 9. The maximum absolute atomic E-state index is 5.76. The van der Waals surface area contributed by atoms with Crippen molar-refractivity contribution < 1.29 is 4.74 Å². The first kappa shape index (κ1) is 16.2. The predicted octanol–water partition coefficient (Wildman–Crippen LogP) is 2.55. The molecule has 4 heteroatoms. The van der Waals surface area contributed by atoms with E-state index in [9.17, 15) is 0 Å². The van der Waals surface area contributed by atoms with Crippen LogP contribution in [-0.4, -0.2) is 35.1 Å². The molecular formula is C15H29N3O. The number of aromatic nitrogens is 2. The van der Waals surface area contributed by atoms with Crippen molar-refractivity contribution >= 4 is 0 Å². The largest absolute Gasteiger partial charge is 0.377 e. The van der Waals surface area contributed by atoms with Crippen LogP contribution < -0.4 is 5.32 Å². The second kappa shape index (κ2) is 8.33. The smallest absolute Gasteiger partial charge is 0.0703 e. The van der Waals surface area contributed by atoms with E-state index in [-0.39, 0.29) is 6.10 Å². The number of ether oxygens (including phenoxy) is 1. The summed E-state index contributed by atoms with van der Waals surface area (Å²) in [5.41, 5.74) is 2.38. The summed E-state index contributed by atoms with van der Waals surface area (Å²) in [7, 11) is 0. The molecule has 0 spiro atoms. The van der Waals surface area contributed by atoms with Crippen LogP contribution in [0.4, 0.5) is 0 Å². The van der Waals surface area contributed by atoms with Crippen molar-refractivity contribution in [2.45, 2.75) is 66.2 Å². The van der Waals surface area contributed by atoms with Crippen LogP contribution in [0.3, 0.4) is 0 Å². The lowest BCUT2D eigenvalue weighted by atomic mass is 10.1. The molecule has 19 heavy (non-hydrogen) atoms. The second-order valence-corrected chi connectivity index (χ2v) is 5.02. The van der Waals surface area contributed by atoms with Crippen LogP contribution in [0.2, 0.25) is 0 Å². The molecule has 1 aromatic heterocycles. The van der Waals surface area contributed by atoms with Crippen LogP contribution in [-0.2, 0) is 17.7 Å². The standard InChI is InChI=1S/C15H29N3O/c1-6-9-16-15(13(5)19-8-3)11-14-10-12(4)17-18(14)7-2/h10,13,15-16H,6-9,11H2,1-5H3. The van der Waals surface area contributed by atoms with Crippen LogP contribution in [0.5, 0.6) is 0 Å². The normalized spacial score (nSPS) is 14.6. The number of nitrogens with one attached hydrogen (secondary N) is 1. The van der Waals surface area contributed by atoms with Gasteiger partial charge in [0.2, 0.25) is 0 Å². The first-order valence-electron chi connectivity index (χ1n) is 7.50. The van der Waals surface area contributed by atoms with Gasteiger partial charge < -0.3 is 10.1 Å². The van der Waals surface area contributed by atoms with Gasteiger partial charge in [-0.05, 0) is 46.7 Å². The lowest BCUT2D eigenvalue weighted by molar-refractivity contribution is 0.0471. The van der Waals surface area contributed by atoms with Crippen LogP contribution in [0, 0.1) is 6.92 Å². The number of hydrogen-bond donors (Lipinski definition) is 1. The fourth-order valence-electron chi connectivity index (χ4n) is 2.38. The topological polar surface area (TPSA) is 39.1 Å². The average Bonchev–Trinajstić information content (AvgIpc) is 2.74. The molecule has 0 aromatic carbocycles. The Labute approximate surface area is 117 Å². The molecule has 1 rings (SSSR count). The summed E-state index contributed by atoms with van der Waals surface area (Å²) in [5.74, 6) is 0. The van der Waals surface area contributed by atoms with Crippen molar-refractivity contribution in [2.75, 3.05) is 13.2 Å². The van der Waals surface area contributed by atoms with Gasteiger partial charge >= 0.3 is 0 Å². The van der Waals surface area contributed by atoms with E-state index in [0.717, 1.165) is 38.2 Å². The van der Waals surface area contributed by atoms with E-state index in [1.54, 1.807) is 0 Å². The molecule has 0 amide bonds. The molecule has 0 saturated carbocycles. The fraction of sp³-hybridized carbons (Fsp3) is 0.800. The van der Waals surface area contributed by atoms with Gasteiger partial charge in [0, 0.05) is 31.3 Å². The van der Waals surface area contributed by atoms with E-state index >= 15 is 0 Å². The van der Waals surface area contributed by atoms with Crippen LogP contribution in [0.25, 0.3) is 0 Å². The Bertz CT molecular complexity index is 362. The van der Waals surface area contributed by atoms with Gasteiger partial charge in [0.25, 0.3) is 0 Å². The Morgan fingerprint density at radius 3 is 2.68 bits per heavy atom. The van der Waals surface area contributed by atoms with Crippen molar-refractivity contribution in [3.8, 4) is 0 Å². The third-order valence-corrected chi connectivity index (χ3v) is 3.37. The van der Waals surface area contributed by atoms with E-state index in [4.69, 9.17) is 4.74 Å². The van der Waals surface area contributed by atoms with Gasteiger partial charge in [0.05, 0.1) is 11.8 Å². The summed E-state index contributed by atoms with van der Waals surface area (Å²) in [4.78, 5) is 0. The SMILES string of the molecule is CCCNC(Cc1cc(C)nn1CC)C(C)OCC. The molecular weight excluding hydrogens is 238 g/mol. The van der Waals surface area contributed by atoms with E-state index < -0.39 is 0 Å². The highest BCUT2D eigenvalue weighted by atomic mass is 16.5. The minimum atomic E-state index is 0.220. The van der Waals surface area contributed by atoms with Crippen molar-refractivity contribution in [1.82, 2.24) is 15.1 Å². The Balaban J connectivity index is 2.74. The summed E-state index contributed by atoms with van der Waals surface area (Å²) in [5, 5.41) is 8.11. The lowest BCUT2D eigenvalue weighted by Crippen LogP contribution is -2.42. The number of nitrogens with zero attached hydrogens (tertiary/aromatic N) is 2. The quantitative estimate of drug-likeness (QED) is 0.747. The molecule has 4 nitrogen and oxygen atoms in total. The molecule has 0 fully saturated rings. The summed E-state index contributed by atoms with van der Waals surface area (Å²) < 4.78 is 7.85. The molecule has 0 aliphatic carbocycles. The minimum absolute atomic E-state index is 0.220. The van der Waals surface area contributed by atoms with Crippen molar-refractivity contribution in [3.63, 3.8) is 0 Å². The van der Waals surface area contributed by atoms with Gasteiger partial charge in [0.1, 0.15) is 0 Å². The van der Waals surface area contributed by atoms with Crippen molar-refractivity contribution in [1.29, 1.82) is 0 Å². The predicted molar refractivity (Wildman–Crippen MR) is 79.5 cm³/mol. The van der Waals surface area contributed by atoms with Gasteiger partial charge in [-0.15, -0.1) is 0 Å². The third kappa shape index (κ3) is 4.96. The lowest BCUT2D eigenvalue weighted by Gasteiger charge is -2.25. The zero-order chi connectivity index (χ0) is 14.3. The summed E-state index contributed by atoms with van der Waals surface area (Å²) in [6, 6.07) is 2.53. The van der Waals surface area contributed by atoms with Gasteiger partial charge in [0.15, 0.2) is 0 Å². The fourth-order valence-corrected chi connectivity index (χ4v) is 2.38. The maximum atomic E-state index is 5.76. The molecule has 0 bridgehead atoms. The Morgan fingerprint density at radius 1 is 1.37 bits per heavy atom. The highest BCUT2D eigenvalue weighted by Crippen LogP contribution is 2.11. The first-order valence-corrected chi connectivity index (χ1v) is 7.50. The third-order valence-electron chi connectivity index (χ3n) is 3.37. The molecule has 0 aliphatic heterocycles. The number of hydrogen-bond acceptors (Lipinski definition) is 3. The number of aryl methyl sites for hydroxylation is 2. The molecule has 2 unspecified atom stereocenters. The monoisotopic (exact) mass is 267 g/mol. The molecule has 1 heterocycles. The van der Waals surface area contributed by atoms with Crippen LogP contribution >= 0.6 is 0 Å². The average molecular weight is 267 g/mol. The molecule has 1 aromatic rings. The zero-order valence-corrected chi connectivity index (χ0v) is 13.1.